The maximum Gasteiger partial charge on any atom is 1.00 e. The number of hydrogen-bond donors (Lipinski definition) is 0. The second-order valence-corrected chi connectivity index (χ2v) is 7.48. The summed E-state index contributed by atoms with van der Waals surface area (Å²) >= 11 is 0. The third-order valence-corrected chi connectivity index (χ3v) is 5.03. The predicted molar refractivity (Wildman–Crippen MR) is 96.7 cm³/mol. The van der Waals surface area contributed by atoms with Gasteiger partial charge in [-0.15, -0.1) is 0 Å². The molecular weight excluding hydrogens is 335 g/mol. The molecule has 0 fully saturated rings. The van der Waals surface area contributed by atoms with Crippen LogP contribution in [0.25, 0.3) is 0 Å². The standard InChI is InChI=1S/C22H26O3.Na/c1-15(2)17-9-11-20(12-10-17)25-22(3,21(23)24)14-16-7-8-18-5-4-6-19(18)13-16;/h7-13,15H,4-6,14H2,1-3H3,(H,23,24);/q;+1/p-1. The fourth-order valence-corrected chi connectivity index (χ4v) is 3.46. The van der Waals surface area contributed by atoms with E-state index in [1.807, 2.05) is 30.3 Å². The van der Waals surface area contributed by atoms with Crippen molar-refractivity contribution >= 4 is 5.97 Å². The van der Waals surface area contributed by atoms with Crippen LogP contribution in [-0.2, 0) is 24.1 Å². The minimum absolute atomic E-state index is 0. The van der Waals surface area contributed by atoms with Crippen molar-refractivity contribution in [3.8, 4) is 5.75 Å². The SMILES string of the molecule is CC(C)c1ccc(OC(C)(Cc2ccc3c(c2)CCC3)C(=O)[O-])cc1.[Na+]. The summed E-state index contributed by atoms with van der Waals surface area (Å²) in [7, 11) is 0. The van der Waals surface area contributed by atoms with Gasteiger partial charge in [0.15, 0.2) is 0 Å². The fraction of sp³-hybridized carbons (Fsp3) is 0.409. The number of benzene rings is 2. The summed E-state index contributed by atoms with van der Waals surface area (Å²) in [4.78, 5) is 11.8. The maximum absolute atomic E-state index is 11.8. The van der Waals surface area contributed by atoms with Crippen LogP contribution in [0.15, 0.2) is 42.5 Å². The number of aryl methyl sites for hydroxylation is 2. The molecule has 0 aliphatic heterocycles. The number of carbonyl (C=O) groups excluding carboxylic acids is 1. The molecule has 0 radical (unpaired) electrons. The van der Waals surface area contributed by atoms with Crippen molar-refractivity contribution < 1.29 is 44.2 Å². The zero-order chi connectivity index (χ0) is 18.0. The van der Waals surface area contributed by atoms with Crippen molar-refractivity contribution in [2.45, 2.75) is 58.0 Å². The number of carboxylic acid groups (broad SMARTS) is 1. The molecule has 1 aliphatic carbocycles. The molecule has 4 heteroatoms. The van der Waals surface area contributed by atoms with E-state index in [1.54, 1.807) is 6.92 Å². The van der Waals surface area contributed by atoms with E-state index in [-0.39, 0.29) is 36.0 Å². The summed E-state index contributed by atoms with van der Waals surface area (Å²) < 4.78 is 5.86. The Hall–Kier alpha value is -1.29. The van der Waals surface area contributed by atoms with Gasteiger partial charge in [0.25, 0.3) is 0 Å². The average molecular weight is 360 g/mol. The molecule has 0 saturated carbocycles. The number of aliphatic carboxylic acids is 1. The second kappa shape index (κ2) is 8.60. The Kier molecular flexibility index (Phi) is 6.95. The monoisotopic (exact) mass is 360 g/mol. The van der Waals surface area contributed by atoms with Crippen LogP contribution in [0.3, 0.4) is 0 Å². The van der Waals surface area contributed by atoms with E-state index in [0.717, 1.165) is 18.4 Å². The molecule has 0 aromatic heterocycles. The maximum atomic E-state index is 11.8. The average Bonchev–Trinajstić information content (AvgIpc) is 3.02. The Morgan fingerprint density at radius 1 is 1.12 bits per heavy atom. The van der Waals surface area contributed by atoms with E-state index < -0.39 is 11.6 Å². The first-order valence-electron chi connectivity index (χ1n) is 8.98. The molecule has 1 atom stereocenters. The van der Waals surface area contributed by atoms with Gasteiger partial charge in [0.1, 0.15) is 11.4 Å². The first-order chi connectivity index (χ1) is 11.9. The first-order valence-corrected chi connectivity index (χ1v) is 8.98. The van der Waals surface area contributed by atoms with Crippen molar-refractivity contribution in [2.75, 3.05) is 0 Å². The van der Waals surface area contributed by atoms with Gasteiger partial charge in [0.05, 0.1) is 5.97 Å². The molecule has 132 valence electrons. The molecular formula is C22H25NaO3. The molecule has 0 saturated heterocycles. The van der Waals surface area contributed by atoms with E-state index in [0.29, 0.717) is 11.7 Å². The summed E-state index contributed by atoms with van der Waals surface area (Å²) in [6, 6.07) is 13.9. The number of rotatable bonds is 6. The number of fused-ring (bicyclic) bond motifs is 1. The third-order valence-electron chi connectivity index (χ3n) is 5.03. The van der Waals surface area contributed by atoms with Crippen LogP contribution in [0.1, 0.15) is 55.4 Å². The van der Waals surface area contributed by atoms with Crippen molar-refractivity contribution in [1.29, 1.82) is 0 Å². The van der Waals surface area contributed by atoms with Gasteiger partial charge < -0.3 is 14.6 Å². The van der Waals surface area contributed by atoms with Gasteiger partial charge in [0.2, 0.25) is 0 Å². The molecule has 1 unspecified atom stereocenters. The summed E-state index contributed by atoms with van der Waals surface area (Å²) in [5.74, 6) is -0.216. The molecule has 0 N–H and O–H groups in total. The van der Waals surface area contributed by atoms with E-state index >= 15 is 0 Å². The zero-order valence-corrected chi connectivity index (χ0v) is 18.2. The van der Waals surface area contributed by atoms with Crippen LogP contribution in [0.4, 0.5) is 0 Å². The molecule has 3 nitrogen and oxygen atoms in total. The van der Waals surface area contributed by atoms with Crippen molar-refractivity contribution in [1.82, 2.24) is 0 Å². The third kappa shape index (κ3) is 4.70. The molecule has 3 rings (SSSR count). The van der Waals surface area contributed by atoms with Crippen molar-refractivity contribution in [3.63, 3.8) is 0 Å². The van der Waals surface area contributed by atoms with Gasteiger partial charge >= 0.3 is 29.6 Å². The molecule has 2 aromatic carbocycles. The van der Waals surface area contributed by atoms with Gasteiger partial charge in [-0.3, -0.25) is 0 Å². The van der Waals surface area contributed by atoms with E-state index in [9.17, 15) is 9.90 Å². The Labute approximate surface area is 178 Å². The van der Waals surface area contributed by atoms with E-state index in [4.69, 9.17) is 4.74 Å². The molecule has 0 spiro atoms. The number of carbonyl (C=O) groups is 1. The van der Waals surface area contributed by atoms with Crippen LogP contribution in [-0.4, -0.2) is 11.6 Å². The molecule has 26 heavy (non-hydrogen) atoms. The van der Waals surface area contributed by atoms with Crippen molar-refractivity contribution in [3.05, 3.63) is 64.7 Å². The van der Waals surface area contributed by atoms with E-state index in [1.165, 1.54) is 23.1 Å². The van der Waals surface area contributed by atoms with Crippen LogP contribution in [0.2, 0.25) is 0 Å². The topological polar surface area (TPSA) is 49.4 Å². The van der Waals surface area contributed by atoms with Gasteiger partial charge in [0, 0.05) is 6.42 Å². The summed E-state index contributed by atoms with van der Waals surface area (Å²) in [5.41, 5.74) is 3.49. The predicted octanol–water partition coefficient (Wildman–Crippen LogP) is 0.433. The smallest absolute Gasteiger partial charge is 0.546 e. The van der Waals surface area contributed by atoms with Gasteiger partial charge in [-0.25, -0.2) is 0 Å². The Bertz CT molecular complexity index is 767. The van der Waals surface area contributed by atoms with Gasteiger partial charge in [-0.2, -0.15) is 0 Å². The molecule has 1 aliphatic rings. The normalized spacial score (nSPS) is 15.1. The molecule has 2 aromatic rings. The summed E-state index contributed by atoms with van der Waals surface area (Å²) in [6.45, 7) is 5.83. The van der Waals surface area contributed by atoms with Crippen LogP contribution in [0, 0.1) is 0 Å². The minimum atomic E-state index is -1.40. The molecule has 0 bridgehead atoms. The van der Waals surface area contributed by atoms with Gasteiger partial charge in [-0.05, 0) is 66.5 Å². The van der Waals surface area contributed by atoms with Crippen molar-refractivity contribution in [2.24, 2.45) is 0 Å². The molecule has 0 heterocycles. The minimum Gasteiger partial charge on any atom is -0.546 e. The number of hydrogen-bond acceptors (Lipinski definition) is 3. The second-order valence-electron chi connectivity index (χ2n) is 7.48. The zero-order valence-electron chi connectivity index (χ0n) is 16.2. The Morgan fingerprint density at radius 3 is 2.38 bits per heavy atom. The van der Waals surface area contributed by atoms with Crippen LogP contribution < -0.4 is 39.4 Å². The summed E-state index contributed by atoms with van der Waals surface area (Å²) in [5, 5.41) is 11.8. The quantitative estimate of drug-likeness (QED) is 0.702. The van der Waals surface area contributed by atoms with Gasteiger partial charge in [-0.1, -0.05) is 44.2 Å². The first kappa shape index (κ1) is 21.0. The number of carboxylic acids is 1. The Balaban J connectivity index is 0.00000243. The largest absolute Gasteiger partial charge is 1.00 e. The Morgan fingerprint density at radius 2 is 1.77 bits per heavy atom. The number of ether oxygens (including phenoxy) is 1. The molecule has 0 amide bonds. The fourth-order valence-electron chi connectivity index (χ4n) is 3.46. The van der Waals surface area contributed by atoms with Crippen LogP contribution >= 0.6 is 0 Å². The van der Waals surface area contributed by atoms with Crippen LogP contribution in [0.5, 0.6) is 5.75 Å². The summed E-state index contributed by atoms with van der Waals surface area (Å²) in [6.07, 6.45) is 3.65. The van der Waals surface area contributed by atoms with E-state index in [2.05, 4.69) is 26.0 Å².